The summed E-state index contributed by atoms with van der Waals surface area (Å²) in [4.78, 5) is 50.0. The second-order valence-corrected chi connectivity index (χ2v) is 7.46. The highest BCUT2D eigenvalue weighted by Crippen LogP contribution is 2.29. The fraction of sp³-hybridized carbons (Fsp3) is 0.0909. The van der Waals surface area contributed by atoms with Gasteiger partial charge in [0, 0.05) is 32.8 Å². The van der Waals surface area contributed by atoms with Gasteiger partial charge in [0.15, 0.2) is 18.2 Å². The van der Waals surface area contributed by atoms with Gasteiger partial charge in [0.2, 0.25) is 0 Å². The Morgan fingerprint density at radius 1 is 0.862 bits per heavy atom. The Balaban J connectivity index is 1.43. The lowest BCUT2D eigenvalue weighted by Gasteiger charge is -2.18. The third kappa shape index (κ3) is 3.86. The lowest BCUT2D eigenvalue weighted by molar-refractivity contribution is -0.146. The molecule has 1 heterocycles. The summed E-state index contributed by atoms with van der Waals surface area (Å²) in [5, 5.41) is 4.45. The number of thiophene rings is 1. The van der Waals surface area contributed by atoms with E-state index >= 15 is 0 Å². The minimum atomic E-state index is -0.528. The van der Waals surface area contributed by atoms with Crippen molar-refractivity contribution in [2.24, 2.45) is 0 Å². The van der Waals surface area contributed by atoms with Crippen LogP contribution in [0.5, 0.6) is 0 Å². The molecule has 7 heteroatoms. The standard InChI is InChI=1S/C22H15NO5S/c24-19(12-28-20(25)11-14-4-3-9-29-14)23-13-7-8-17-18(10-13)22(27)16-6-2-1-5-15(16)21(17)26/h1-10H,11-12H2,(H,23,24). The van der Waals surface area contributed by atoms with E-state index in [2.05, 4.69) is 5.32 Å². The molecule has 0 fully saturated rings. The summed E-state index contributed by atoms with van der Waals surface area (Å²) < 4.78 is 4.98. The third-order valence-electron chi connectivity index (χ3n) is 4.47. The van der Waals surface area contributed by atoms with E-state index in [0.717, 1.165) is 4.88 Å². The van der Waals surface area contributed by atoms with Crippen LogP contribution in [0.15, 0.2) is 60.0 Å². The van der Waals surface area contributed by atoms with Crippen LogP contribution in [0.4, 0.5) is 5.69 Å². The lowest BCUT2D eigenvalue weighted by atomic mass is 9.84. The maximum atomic E-state index is 12.7. The Morgan fingerprint density at radius 2 is 1.55 bits per heavy atom. The molecule has 29 heavy (non-hydrogen) atoms. The quantitative estimate of drug-likeness (QED) is 0.515. The molecule has 4 rings (SSSR count). The molecule has 144 valence electrons. The molecule has 0 radical (unpaired) electrons. The largest absolute Gasteiger partial charge is 0.455 e. The number of hydrogen-bond donors (Lipinski definition) is 1. The molecule has 0 saturated heterocycles. The van der Waals surface area contributed by atoms with Crippen LogP contribution >= 0.6 is 11.3 Å². The SMILES string of the molecule is O=C(COC(=O)Cc1cccs1)Nc1ccc2c(c1)C(=O)c1ccccc1C2=O. The molecular formula is C22H15NO5S. The smallest absolute Gasteiger partial charge is 0.311 e. The minimum absolute atomic E-state index is 0.111. The zero-order chi connectivity index (χ0) is 20.4. The molecule has 1 aromatic heterocycles. The average Bonchev–Trinajstić information content (AvgIpc) is 3.23. The molecule has 2 aromatic carbocycles. The first-order valence-electron chi connectivity index (χ1n) is 8.83. The maximum absolute atomic E-state index is 12.7. The van der Waals surface area contributed by atoms with Gasteiger partial charge in [-0.2, -0.15) is 0 Å². The monoisotopic (exact) mass is 405 g/mol. The van der Waals surface area contributed by atoms with Gasteiger partial charge < -0.3 is 10.1 Å². The van der Waals surface area contributed by atoms with Gasteiger partial charge in [-0.1, -0.05) is 30.3 Å². The van der Waals surface area contributed by atoms with Crippen LogP contribution in [-0.2, 0) is 20.7 Å². The number of esters is 1. The van der Waals surface area contributed by atoms with Crippen LogP contribution in [0.3, 0.4) is 0 Å². The zero-order valence-electron chi connectivity index (χ0n) is 15.1. The number of carbonyl (C=O) groups is 4. The number of rotatable bonds is 5. The van der Waals surface area contributed by atoms with E-state index < -0.39 is 18.5 Å². The van der Waals surface area contributed by atoms with Gasteiger partial charge >= 0.3 is 5.97 Å². The summed E-state index contributed by atoms with van der Waals surface area (Å²) in [5.74, 6) is -1.52. The summed E-state index contributed by atoms with van der Waals surface area (Å²) in [7, 11) is 0. The molecule has 0 bridgehead atoms. The zero-order valence-corrected chi connectivity index (χ0v) is 16.0. The Kier molecular flexibility index (Phi) is 5.05. The number of amides is 1. The van der Waals surface area contributed by atoms with Gasteiger partial charge in [0.1, 0.15) is 0 Å². The summed E-state index contributed by atoms with van der Waals surface area (Å²) in [6.07, 6.45) is 0.111. The molecule has 0 saturated carbocycles. The van der Waals surface area contributed by atoms with Crippen molar-refractivity contribution in [3.8, 4) is 0 Å². The number of fused-ring (bicyclic) bond motifs is 2. The number of nitrogens with one attached hydrogen (secondary N) is 1. The van der Waals surface area contributed by atoms with Crippen molar-refractivity contribution >= 4 is 40.5 Å². The van der Waals surface area contributed by atoms with E-state index in [4.69, 9.17) is 4.74 Å². The van der Waals surface area contributed by atoms with Crippen molar-refractivity contribution in [2.45, 2.75) is 6.42 Å². The van der Waals surface area contributed by atoms with Gasteiger partial charge in [-0.25, -0.2) is 0 Å². The second kappa shape index (κ2) is 7.81. The van der Waals surface area contributed by atoms with Crippen LogP contribution in [-0.4, -0.2) is 30.0 Å². The van der Waals surface area contributed by atoms with Crippen molar-refractivity contribution in [1.82, 2.24) is 0 Å². The number of benzene rings is 2. The Labute approximate surface area is 170 Å². The first-order chi connectivity index (χ1) is 14.0. The number of ketones is 2. The van der Waals surface area contributed by atoms with Crippen LogP contribution < -0.4 is 5.32 Å². The van der Waals surface area contributed by atoms with Crippen LogP contribution in [0.25, 0.3) is 0 Å². The molecule has 1 amide bonds. The molecule has 6 nitrogen and oxygen atoms in total. The highest BCUT2D eigenvalue weighted by Gasteiger charge is 2.29. The molecule has 0 aliphatic heterocycles. The summed E-state index contributed by atoms with van der Waals surface area (Å²) in [5.41, 5.74) is 1.61. The highest BCUT2D eigenvalue weighted by molar-refractivity contribution is 7.10. The first kappa shape index (κ1) is 18.8. The molecule has 1 N–H and O–H groups in total. The predicted octanol–water partition coefficient (Wildman–Crippen LogP) is 3.25. The molecule has 0 atom stereocenters. The summed E-state index contributed by atoms with van der Waals surface area (Å²) in [6, 6.07) is 14.8. The fourth-order valence-corrected chi connectivity index (χ4v) is 3.82. The number of hydrogen-bond acceptors (Lipinski definition) is 6. The minimum Gasteiger partial charge on any atom is -0.455 e. The third-order valence-corrected chi connectivity index (χ3v) is 5.35. The number of carbonyl (C=O) groups excluding carboxylic acids is 4. The molecule has 3 aromatic rings. The maximum Gasteiger partial charge on any atom is 0.311 e. The summed E-state index contributed by atoms with van der Waals surface area (Å²) >= 11 is 1.44. The van der Waals surface area contributed by atoms with E-state index in [1.165, 1.54) is 23.5 Å². The normalized spacial score (nSPS) is 12.1. The van der Waals surface area contributed by atoms with Gasteiger partial charge in [-0.15, -0.1) is 11.3 Å². The first-order valence-corrected chi connectivity index (χ1v) is 9.71. The molecule has 1 aliphatic rings. The van der Waals surface area contributed by atoms with E-state index in [0.29, 0.717) is 22.4 Å². The molecule has 1 aliphatic carbocycles. The van der Waals surface area contributed by atoms with E-state index in [-0.39, 0.29) is 23.6 Å². The predicted molar refractivity (Wildman–Crippen MR) is 107 cm³/mol. The van der Waals surface area contributed by atoms with E-state index in [1.54, 1.807) is 30.3 Å². The van der Waals surface area contributed by atoms with E-state index in [9.17, 15) is 19.2 Å². The van der Waals surface area contributed by atoms with Gasteiger partial charge in [-0.3, -0.25) is 19.2 Å². The van der Waals surface area contributed by atoms with Gasteiger partial charge in [0.25, 0.3) is 5.91 Å². The van der Waals surface area contributed by atoms with Crippen LogP contribution in [0.1, 0.15) is 36.7 Å². The second-order valence-electron chi connectivity index (χ2n) is 6.43. The fourth-order valence-electron chi connectivity index (χ4n) is 3.13. The number of ether oxygens (including phenoxy) is 1. The van der Waals surface area contributed by atoms with Gasteiger partial charge in [-0.05, 0) is 29.6 Å². The topological polar surface area (TPSA) is 89.5 Å². The molecular weight excluding hydrogens is 390 g/mol. The van der Waals surface area contributed by atoms with E-state index in [1.807, 2.05) is 17.5 Å². The molecule has 0 unspecified atom stereocenters. The molecule has 0 spiro atoms. The average molecular weight is 405 g/mol. The van der Waals surface area contributed by atoms with Crippen molar-refractivity contribution in [1.29, 1.82) is 0 Å². The van der Waals surface area contributed by atoms with Crippen molar-refractivity contribution in [3.63, 3.8) is 0 Å². The highest BCUT2D eigenvalue weighted by atomic mass is 32.1. The van der Waals surface area contributed by atoms with Crippen molar-refractivity contribution in [2.75, 3.05) is 11.9 Å². The van der Waals surface area contributed by atoms with Gasteiger partial charge in [0.05, 0.1) is 6.42 Å². The Hall–Kier alpha value is -3.58. The van der Waals surface area contributed by atoms with Crippen molar-refractivity contribution < 1.29 is 23.9 Å². The van der Waals surface area contributed by atoms with Crippen molar-refractivity contribution in [3.05, 3.63) is 87.1 Å². The Morgan fingerprint density at radius 3 is 2.24 bits per heavy atom. The van der Waals surface area contributed by atoms with Crippen LogP contribution in [0.2, 0.25) is 0 Å². The number of anilines is 1. The summed E-state index contributed by atoms with van der Waals surface area (Å²) in [6.45, 7) is -0.434. The Bertz CT molecular complexity index is 1130. The van der Waals surface area contributed by atoms with Crippen LogP contribution in [0, 0.1) is 0 Å². The lowest BCUT2D eigenvalue weighted by Crippen LogP contribution is -2.23.